The van der Waals surface area contributed by atoms with Crippen LogP contribution in [0, 0.1) is 0 Å². The minimum atomic E-state index is -2.90. The highest BCUT2D eigenvalue weighted by Crippen LogP contribution is 2.15. The normalized spacial score (nSPS) is 17.1. The highest BCUT2D eigenvalue weighted by molar-refractivity contribution is 5.84. The molecule has 0 aliphatic carbocycles. The Bertz CT molecular complexity index is 1950. The van der Waals surface area contributed by atoms with Gasteiger partial charge >= 0.3 is 17.9 Å². The monoisotopic (exact) mass is 706 g/mol. The molecule has 3 aromatic rings. The number of carbonyl (C=O) groups excluding carboxylic acids is 5. The third-order valence-electron chi connectivity index (χ3n) is 5.24. The number of rotatable bonds is 12. The molecule has 3 amide bonds. The highest BCUT2D eigenvalue weighted by atomic mass is 16.5. The van der Waals surface area contributed by atoms with Gasteiger partial charge < -0.3 is 45.9 Å². The molecule has 0 aliphatic rings. The van der Waals surface area contributed by atoms with Crippen LogP contribution in [0.3, 0.4) is 0 Å². The van der Waals surface area contributed by atoms with Gasteiger partial charge in [0.1, 0.15) is 35.3 Å². The first kappa shape index (κ1) is 28.9. The molecule has 0 bridgehead atoms. The number of carboxylic acid groups (broad SMARTS) is 1. The van der Waals surface area contributed by atoms with E-state index in [2.05, 4.69) is 9.47 Å². The fourth-order valence-corrected chi connectivity index (χ4v) is 3.32. The molecular formula is C35H43N3O12. The highest BCUT2D eigenvalue weighted by Gasteiger charge is 2.22. The quantitative estimate of drug-likeness (QED) is 0.133. The minimum absolute atomic E-state index is 0.133. The van der Waals surface area contributed by atoms with Gasteiger partial charge in [-0.1, -0.05) is 36.4 Å². The smallest absolute Gasteiger partial charge is 0.328 e. The van der Waals surface area contributed by atoms with E-state index >= 15 is 0 Å². The van der Waals surface area contributed by atoms with Crippen molar-refractivity contribution < 1.29 is 71.0 Å². The van der Waals surface area contributed by atoms with Crippen LogP contribution in [0.25, 0.3) is 0 Å². The molecule has 0 aliphatic heterocycles. The summed E-state index contributed by atoms with van der Waals surface area (Å²) in [6, 6.07) is 6.75. The van der Waals surface area contributed by atoms with Crippen LogP contribution in [0.5, 0.6) is 17.2 Å². The number of phenolic OH excluding ortho intramolecular Hbond substituents is 3. The summed E-state index contributed by atoms with van der Waals surface area (Å²) in [7, 11) is 1.98. The van der Waals surface area contributed by atoms with Crippen LogP contribution in [0.4, 0.5) is 0 Å². The Kier molecular flexibility index (Phi) is 12.5. The maximum absolute atomic E-state index is 11.7. The van der Waals surface area contributed by atoms with Crippen molar-refractivity contribution in [2.24, 2.45) is 0 Å². The van der Waals surface area contributed by atoms with Gasteiger partial charge in [-0.15, -0.1) is 0 Å². The number of carbonyl (C=O) groups is 6. The predicted molar refractivity (Wildman–Crippen MR) is 180 cm³/mol. The lowest BCUT2D eigenvalue weighted by molar-refractivity contribution is -0.145. The molecule has 0 fully saturated rings. The van der Waals surface area contributed by atoms with Crippen molar-refractivity contribution in [2.75, 3.05) is 14.2 Å². The molecule has 15 heteroatoms. The van der Waals surface area contributed by atoms with E-state index in [0.29, 0.717) is 0 Å². The molecule has 0 heterocycles. The fourth-order valence-electron chi connectivity index (χ4n) is 3.32. The molecule has 3 aromatic carbocycles. The van der Waals surface area contributed by atoms with Crippen LogP contribution in [-0.4, -0.2) is 88.3 Å². The van der Waals surface area contributed by atoms with Crippen molar-refractivity contribution in [1.82, 2.24) is 16.0 Å². The van der Waals surface area contributed by atoms with Gasteiger partial charge in [0.15, 0.2) is 0 Å². The summed E-state index contributed by atoms with van der Waals surface area (Å²) in [6.07, 6.45) is -7.95. The van der Waals surface area contributed by atoms with Gasteiger partial charge in [0.2, 0.25) is 17.7 Å². The molecule has 50 heavy (non-hydrogen) atoms. The number of phenols is 3. The lowest BCUT2D eigenvalue weighted by Crippen LogP contribution is -2.41. The number of carboxylic acids is 1. The molecule has 0 spiro atoms. The topological polar surface area (TPSA) is 238 Å². The molecule has 3 rings (SSSR count). The van der Waals surface area contributed by atoms with Gasteiger partial charge in [0.25, 0.3) is 0 Å². The van der Waals surface area contributed by atoms with E-state index in [-0.39, 0.29) is 33.9 Å². The van der Waals surface area contributed by atoms with Crippen molar-refractivity contribution >= 4 is 35.6 Å². The van der Waals surface area contributed by atoms with Crippen molar-refractivity contribution in [3.63, 3.8) is 0 Å². The third kappa shape index (κ3) is 17.2. The predicted octanol–water partition coefficient (Wildman–Crippen LogP) is 1.75. The Labute approximate surface area is 301 Å². The van der Waals surface area contributed by atoms with E-state index < -0.39 is 72.8 Å². The fraction of sp³-hybridized carbons (Fsp3) is 0.314. The van der Waals surface area contributed by atoms with Crippen molar-refractivity contribution in [1.29, 1.82) is 0 Å². The molecule has 0 radical (unpaired) electrons. The summed E-state index contributed by atoms with van der Waals surface area (Å²) in [5.74, 6) is -7.40. The summed E-state index contributed by atoms with van der Waals surface area (Å²) < 4.78 is 80.2. The first-order chi connectivity index (χ1) is 26.9. The zero-order valence-electron chi connectivity index (χ0n) is 36.5. The van der Waals surface area contributed by atoms with Crippen LogP contribution >= 0.6 is 0 Å². The van der Waals surface area contributed by atoms with E-state index in [0.717, 1.165) is 53.2 Å². The molecule has 0 aromatic heterocycles. The molecule has 0 saturated heterocycles. The number of aromatic hydroxyl groups is 3. The Morgan fingerprint density at radius 3 is 1.12 bits per heavy atom. The Balaban J connectivity index is 0.000000443. The molecule has 0 saturated carbocycles. The van der Waals surface area contributed by atoms with Crippen molar-refractivity contribution in [3.05, 3.63) is 89.5 Å². The molecule has 15 nitrogen and oxygen atoms in total. The molecule has 3 atom stereocenters. The van der Waals surface area contributed by atoms with Crippen LogP contribution in [0.15, 0.2) is 72.8 Å². The Hall–Kier alpha value is -6.12. The number of esters is 2. The number of benzene rings is 3. The maximum Gasteiger partial charge on any atom is 0.328 e. The van der Waals surface area contributed by atoms with Gasteiger partial charge in [0.05, 0.1) is 18.3 Å². The maximum atomic E-state index is 11.7. The lowest BCUT2D eigenvalue weighted by Gasteiger charge is -2.15. The average molecular weight is 707 g/mol. The molecular weight excluding hydrogens is 654 g/mol. The molecule has 270 valence electrons. The Morgan fingerprint density at radius 1 is 0.600 bits per heavy atom. The van der Waals surface area contributed by atoms with Crippen LogP contribution in [0.1, 0.15) is 49.8 Å². The van der Waals surface area contributed by atoms with Crippen LogP contribution < -0.4 is 16.0 Å². The zero-order chi connectivity index (χ0) is 45.9. The summed E-state index contributed by atoms with van der Waals surface area (Å²) in [6.45, 7) is 3.11. The summed E-state index contributed by atoms with van der Waals surface area (Å²) in [5, 5.41) is 42.8. The second kappa shape index (κ2) is 21.7. The van der Waals surface area contributed by atoms with Crippen molar-refractivity contribution in [3.8, 4) is 17.2 Å². The SMILES string of the molecule is [2H]C(NC(C)=O)(C(=O)OC)C([2H])([2H])c1cccc(O)c1.[2H]C([2H])(c1cccc(O)c1)[C@@]([2H])(NC(C)=O)C(=O)OC.[2H]C([2H])(c1cccc(O)c1)[C@]([2H])(NC(C)=O)C(=O)O. The van der Waals surface area contributed by atoms with Gasteiger partial charge in [-0.2, -0.15) is 0 Å². The molecule has 1 unspecified atom stereocenters. The first-order valence-corrected chi connectivity index (χ1v) is 14.1. The summed E-state index contributed by atoms with van der Waals surface area (Å²) in [4.78, 5) is 68.0. The minimum Gasteiger partial charge on any atom is -0.508 e. The van der Waals surface area contributed by atoms with Crippen LogP contribution in [0.2, 0.25) is 0 Å². The summed E-state index contributed by atoms with van der Waals surface area (Å²) in [5.41, 5.74) is -0.489. The van der Waals surface area contributed by atoms with E-state index in [1.807, 2.05) is 10.6 Å². The first-order valence-electron chi connectivity index (χ1n) is 18.6. The number of hydrogen-bond donors (Lipinski definition) is 7. The number of methoxy groups -OCH3 is 2. The zero-order valence-corrected chi connectivity index (χ0v) is 27.5. The standard InChI is InChI=1S/2C12H15NO4.C11H13NO4/c2*1-8(14)13-11(12(16)17-2)7-9-4-3-5-10(15)6-9;1-7(13)12-10(11(15)16)6-8-3-2-4-9(14)5-8/h2*3-6,11,15H,7H2,1-2H3,(H,13,14);2-5,10,14H,6H2,1H3,(H,12,13)(H,15,16)/t11-;;10-/m1.0/s1/i2*7D2,11D;6D2,10D. The second-order valence-corrected chi connectivity index (χ2v) is 9.48. The number of ether oxygens (including phenoxy) is 2. The van der Waals surface area contributed by atoms with Gasteiger partial charge in [-0.25, -0.2) is 14.4 Å². The average Bonchev–Trinajstić information content (AvgIpc) is 3.13. The van der Waals surface area contributed by atoms with Gasteiger partial charge in [0, 0.05) is 48.1 Å². The number of nitrogens with one attached hydrogen (secondary N) is 3. The number of hydrogen-bond acceptors (Lipinski definition) is 11. The largest absolute Gasteiger partial charge is 0.508 e. The number of aliphatic carboxylic acids is 1. The summed E-state index contributed by atoms with van der Waals surface area (Å²) >= 11 is 0. The second-order valence-electron chi connectivity index (χ2n) is 9.48. The van der Waals surface area contributed by atoms with Crippen molar-refractivity contribution in [2.45, 2.75) is 57.9 Å². The van der Waals surface area contributed by atoms with E-state index in [4.69, 9.17) is 17.4 Å². The van der Waals surface area contributed by atoms with E-state index in [1.165, 1.54) is 54.6 Å². The van der Waals surface area contributed by atoms with Gasteiger partial charge in [-0.3, -0.25) is 14.4 Å². The number of amides is 3. The van der Waals surface area contributed by atoms with Crippen LogP contribution in [-0.2, 0) is 57.4 Å². The third-order valence-corrected chi connectivity index (χ3v) is 5.24. The van der Waals surface area contributed by atoms with E-state index in [9.17, 15) is 44.1 Å². The van der Waals surface area contributed by atoms with E-state index in [1.54, 1.807) is 5.32 Å². The lowest BCUT2D eigenvalue weighted by atomic mass is 10.1. The molecule has 7 N–H and O–H groups in total. The Morgan fingerprint density at radius 2 is 0.880 bits per heavy atom. The van der Waals surface area contributed by atoms with Gasteiger partial charge in [-0.05, 0) is 53.1 Å².